The maximum Gasteiger partial charge on any atom is 0.471 e. The first-order chi connectivity index (χ1) is 18.7. The van der Waals surface area contributed by atoms with Crippen molar-refractivity contribution in [2.45, 2.75) is 58.1 Å². The summed E-state index contributed by atoms with van der Waals surface area (Å²) in [5, 5.41) is 18.2. The molecule has 2 aromatic carbocycles. The molecule has 4 amide bonds. The van der Waals surface area contributed by atoms with Crippen LogP contribution in [0.5, 0.6) is 0 Å². The molecule has 0 fully saturated rings. The number of hydrogen-bond acceptors (Lipinski definition) is 6. The van der Waals surface area contributed by atoms with Gasteiger partial charge in [-0.3, -0.25) is 14.4 Å². The van der Waals surface area contributed by atoms with E-state index in [0.29, 0.717) is 16.7 Å². The molecule has 214 valence electrons. The number of nitrogens with one attached hydrogen (secondary N) is 4. The third-order valence-electron chi connectivity index (χ3n) is 5.18. The molecule has 0 spiro atoms. The Morgan fingerprint density at radius 2 is 1.38 bits per heavy atom. The zero-order valence-electron chi connectivity index (χ0n) is 22.1. The molecule has 40 heavy (non-hydrogen) atoms. The van der Waals surface area contributed by atoms with Gasteiger partial charge >= 0.3 is 18.2 Å². The number of ether oxygens (including phenoxy) is 1. The Hall–Kier alpha value is -4.60. The van der Waals surface area contributed by atoms with Crippen molar-refractivity contribution < 1.29 is 37.1 Å². The third kappa shape index (κ3) is 11.4. The van der Waals surface area contributed by atoms with Crippen LogP contribution in [0.2, 0.25) is 0 Å². The Morgan fingerprint density at radius 1 is 0.850 bits per heavy atom. The SMILES string of the molecule is CC(C)(C)OC(=O)NC(Cc1ccc(CNC(=O)C(F)(F)F)cc1)C(=O)NCC(=O)NCc1ccc(C#N)cc1. The van der Waals surface area contributed by atoms with Crippen molar-refractivity contribution in [2.75, 3.05) is 6.54 Å². The molecular formula is C27H30F3N5O5. The number of alkyl carbamates (subject to hydrolysis) is 1. The average molecular weight is 562 g/mol. The summed E-state index contributed by atoms with van der Waals surface area (Å²) in [6.07, 6.45) is -5.87. The van der Waals surface area contributed by atoms with E-state index >= 15 is 0 Å². The Bertz CT molecular complexity index is 1230. The van der Waals surface area contributed by atoms with Crippen LogP contribution in [0.3, 0.4) is 0 Å². The lowest BCUT2D eigenvalue weighted by Gasteiger charge is -2.23. The predicted molar refractivity (Wildman–Crippen MR) is 137 cm³/mol. The van der Waals surface area contributed by atoms with Gasteiger partial charge in [-0.1, -0.05) is 36.4 Å². The summed E-state index contributed by atoms with van der Waals surface area (Å²) in [6.45, 7) is 4.40. The number of alkyl halides is 3. The first-order valence-corrected chi connectivity index (χ1v) is 12.1. The number of nitriles is 1. The van der Waals surface area contributed by atoms with E-state index in [2.05, 4.69) is 16.0 Å². The molecule has 0 saturated heterocycles. The second kappa shape index (κ2) is 14.0. The van der Waals surface area contributed by atoms with Crippen LogP contribution >= 0.6 is 0 Å². The number of hydrogen-bond donors (Lipinski definition) is 4. The molecule has 0 aliphatic carbocycles. The van der Waals surface area contributed by atoms with Crippen LogP contribution in [0.4, 0.5) is 18.0 Å². The molecule has 0 aliphatic rings. The van der Waals surface area contributed by atoms with E-state index in [1.807, 2.05) is 6.07 Å². The molecule has 2 aromatic rings. The highest BCUT2D eigenvalue weighted by atomic mass is 19.4. The van der Waals surface area contributed by atoms with E-state index in [9.17, 15) is 32.3 Å². The van der Waals surface area contributed by atoms with Crippen molar-refractivity contribution >= 4 is 23.8 Å². The number of rotatable bonds is 10. The molecule has 0 aromatic heterocycles. The molecule has 10 nitrogen and oxygen atoms in total. The topological polar surface area (TPSA) is 149 Å². The van der Waals surface area contributed by atoms with Gasteiger partial charge in [-0.25, -0.2) is 4.79 Å². The van der Waals surface area contributed by atoms with E-state index in [0.717, 1.165) is 5.56 Å². The summed E-state index contributed by atoms with van der Waals surface area (Å²) in [5.74, 6) is -3.21. The monoisotopic (exact) mass is 561 g/mol. The average Bonchev–Trinajstić information content (AvgIpc) is 2.88. The van der Waals surface area contributed by atoms with E-state index in [4.69, 9.17) is 10.00 Å². The van der Waals surface area contributed by atoms with Gasteiger partial charge in [0.2, 0.25) is 11.8 Å². The molecule has 0 aliphatic heterocycles. The summed E-state index contributed by atoms with van der Waals surface area (Å²) in [5.41, 5.74) is 1.34. The van der Waals surface area contributed by atoms with Crippen LogP contribution in [0.1, 0.15) is 43.0 Å². The standard InChI is InChI=1S/C27H30F3N5O5/c1-26(2,3)40-25(39)35-21(12-17-4-8-20(9-5-17)15-34-24(38)27(28,29)30)23(37)33-16-22(36)32-14-19-10-6-18(13-31)7-11-19/h4-11,21H,12,14-16H2,1-3H3,(H,32,36)(H,33,37)(H,34,38)(H,35,39). The predicted octanol–water partition coefficient (Wildman–Crippen LogP) is 2.61. The van der Waals surface area contributed by atoms with Gasteiger partial charge < -0.3 is 26.0 Å². The maximum absolute atomic E-state index is 12.9. The minimum atomic E-state index is -4.99. The molecule has 2 rings (SSSR count). The lowest BCUT2D eigenvalue weighted by Crippen LogP contribution is -2.51. The van der Waals surface area contributed by atoms with Gasteiger partial charge in [0.25, 0.3) is 0 Å². The van der Waals surface area contributed by atoms with Gasteiger partial charge in [0.1, 0.15) is 11.6 Å². The van der Waals surface area contributed by atoms with E-state index in [-0.39, 0.29) is 26.1 Å². The highest BCUT2D eigenvalue weighted by Crippen LogP contribution is 2.15. The molecule has 4 N–H and O–H groups in total. The molecule has 0 saturated carbocycles. The fourth-order valence-electron chi connectivity index (χ4n) is 3.22. The summed E-state index contributed by atoms with van der Waals surface area (Å²) in [6, 6.07) is 13.5. The summed E-state index contributed by atoms with van der Waals surface area (Å²) < 4.78 is 42.3. The zero-order chi connectivity index (χ0) is 29.9. The summed E-state index contributed by atoms with van der Waals surface area (Å²) in [7, 11) is 0. The second-order valence-electron chi connectivity index (χ2n) is 9.70. The van der Waals surface area contributed by atoms with E-state index in [1.165, 1.54) is 24.3 Å². The number of carbonyl (C=O) groups excluding carboxylic acids is 4. The van der Waals surface area contributed by atoms with Crippen LogP contribution < -0.4 is 21.3 Å². The molecular weight excluding hydrogens is 531 g/mol. The molecule has 0 heterocycles. The number of amides is 4. The van der Waals surface area contributed by atoms with Crippen LogP contribution in [0.25, 0.3) is 0 Å². The van der Waals surface area contributed by atoms with Crippen LogP contribution in [0.15, 0.2) is 48.5 Å². The highest BCUT2D eigenvalue weighted by molar-refractivity contribution is 5.89. The Balaban J connectivity index is 1.99. The number of benzene rings is 2. The number of halogens is 3. The van der Waals surface area contributed by atoms with Crippen molar-refractivity contribution in [3.05, 3.63) is 70.8 Å². The van der Waals surface area contributed by atoms with Crippen LogP contribution in [0, 0.1) is 11.3 Å². The van der Waals surface area contributed by atoms with Gasteiger partial charge in [-0.2, -0.15) is 18.4 Å². The quantitative estimate of drug-likeness (QED) is 0.350. The highest BCUT2D eigenvalue weighted by Gasteiger charge is 2.38. The van der Waals surface area contributed by atoms with Crippen molar-refractivity contribution in [3.8, 4) is 6.07 Å². The first kappa shape index (κ1) is 31.6. The van der Waals surface area contributed by atoms with Crippen LogP contribution in [-0.2, 0) is 38.6 Å². The zero-order valence-corrected chi connectivity index (χ0v) is 22.1. The smallest absolute Gasteiger partial charge is 0.444 e. The lowest BCUT2D eigenvalue weighted by atomic mass is 10.0. The first-order valence-electron chi connectivity index (χ1n) is 12.1. The number of carbonyl (C=O) groups is 4. The van der Waals surface area contributed by atoms with Crippen LogP contribution in [-0.4, -0.2) is 48.2 Å². The molecule has 1 atom stereocenters. The Morgan fingerprint density at radius 3 is 1.90 bits per heavy atom. The van der Waals surface area contributed by atoms with Gasteiger partial charge in [0.15, 0.2) is 0 Å². The molecule has 13 heteroatoms. The van der Waals surface area contributed by atoms with Crippen molar-refractivity contribution in [1.82, 2.24) is 21.3 Å². The van der Waals surface area contributed by atoms with Gasteiger partial charge in [-0.05, 0) is 49.6 Å². The molecule has 0 bridgehead atoms. The Kier molecular flexibility index (Phi) is 11.0. The minimum absolute atomic E-state index is 0.0207. The Labute approximate surface area is 229 Å². The fourth-order valence-corrected chi connectivity index (χ4v) is 3.22. The maximum atomic E-state index is 12.9. The van der Waals surface area contributed by atoms with E-state index < -0.39 is 41.6 Å². The van der Waals surface area contributed by atoms with Crippen molar-refractivity contribution in [2.24, 2.45) is 0 Å². The molecule has 0 radical (unpaired) electrons. The summed E-state index contributed by atoms with van der Waals surface area (Å²) in [4.78, 5) is 48.5. The third-order valence-corrected chi connectivity index (χ3v) is 5.18. The van der Waals surface area contributed by atoms with Gasteiger partial charge in [0.05, 0.1) is 18.2 Å². The van der Waals surface area contributed by atoms with Crippen molar-refractivity contribution in [3.63, 3.8) is 0 Å². The lowest BCUT2D eigenvalue weighted by molar-refractivity contribution is -0.173. The van der Waals surface area contributed by atoms with Gasteiger partial charge in [-0.15, -0.1) is 0 Å². The fraction of sp³-hybridized carbons (Fsp3) is 0.370. The van der Waals surface area contributed by atoms with Gasteiger partial charge in [0, 0.05) is 19.5 Å². The normalized spacial score (nSPS) is 11.9. The second-order valence-corrected chi connectivity index (χ2v) is 9.70. The number of nitrogens with zero attached hydrogens (tertiary/aromatic N) is 1. The van der Waals surface area contributed by atoms with Crippen molar-refractivity contribution in [1.29, 1.82) is 5.26 Å². The molecule has 1 unspecified atom stereocenters. The summed E-state index contributed by atoms with van der Waals surface area (Å²) >= 11 is 0. The van der Waals surface area contributed by atoms with E-state index in [1.54, 1.807) is 50.4 Å². The largest absolute Gasteiger partial charge is 0.471 e. The minimum Gasteiger partial charge on any atom is -0.444 e.